The van der Waals surface area contributed by atoms with Crippen molar-refractivity contribution in [2.45, 2.75) is 57.0 Å². The largest absolute Gasteiger partial charge is 0.492 e. The van der Waals surface area contributed by atoms with Gasteiger partial charge in [-0.3, -0.25) is 4.79 Å². The summed E-state index contributed by atoms with van der Waals surface area (Å²) in [5, 5.41) is 2.83. The Bertz CT molecular complexity index is 984. The molecule has 1 N–H and O–H groups in total. The summed E-state index contributed by atoms with van der Waals surface area (Å²) in [6, 6.07) is 14.2. The van der Waals surface area contributed by atoms with E-state index in [0.29, 0.717) is 37.6 Å². The zero-order valence-corrected chi connectivity index (χ0v) is 20.3. The van der Waals surface area contributed by atoms with Crippen molar-refractivity contribution in [1.29, 1.82) is 0 Å². The molecule has 2 aromatic rings. The second kappa shape index (κ2) is 12.0. The molecule has 0 unspecified atom stereocenters. The highest BCUT2D eigenvalue weighted by Gasteiger charge is 2.25. The van der Waals surface area contributed by atoms with Gasteiger partial charge in [0.15, 0.2) is 6.10 Å². The van der Waals surface area contributed by atoms with Crippen LogP contribution in [0, 0.1) is 0 Å². The first kappa shape index (κ1) is 25.1. The van der Waals surface area contributed by atoms with Gasteiger partial charge in [-0.25, -0.2) is 8.42 Å². The van der Waals surface area contributed by atoms with Gasteiger partial charge in [-0.15, -0.1) is 0 Å². The van der Waals surface area contributed by atoms with Gasteiger partial charge in [0.25, 0.3) is 5.91 Å². The van der Waals surface area contributed by atoms with Gasteiger partial charge in [0.1, 0.15) is 18.1 Å². The number of carbonyl (C=O) groups is 1. The van der Waals surface area contributed by atoms with E-state index < -0.39 is 16.1 Å². The highest BCUT2D eigenvalue weighted by atomic mass is 32.2. The van der Waals surface area contributed by atoms with Gasteiger partial charge in [0, 0.05) is 13.1 Å². The molecule has 1 atom stereocenters. The van der Waals surface area contributed by atoms with Crippen LogP contribution < -0.4 is 14.8 Å². The number of piperidine rings is 1. The third-order valence-corrected chi connectivity index (χ3v) is 7.63. The smallest absolute Gasteiger partial charge is 0.261 e. The highest BCUT2D eigenvalue weighted by Crippen LogP contribution is 2.22. The molecule has 7 nitrogen and oxygen atoms in total. The number of amides is 1. The molecule has 33 heavy (non-hydrogen) atoms. The summed E-state index contributed by atoms with van der Waals surface area (Å²) >= 11 is 0. The molecule has 1 fully saturated rings. The molecular weight excluding hydrogens is 440 g/mol. The quantitative estimate of drug-likeness (QED) is 0.501. The summed E-state index contributed by atoms with van der Waals surface area (Å²) in [6.07, 6.45) is 3.82. The van der Waals surface area contributed by atoms with Crippen LogP contribution in [0.3, 0.4) is 0 Å². The standard InChI is InChI=1S/C25H34N2O5S/c1-3-20-8-10-22(11-9-20)32-24(4-2)25(28)26-16-19-31-21-12-14-23(15-13-21)33(29,30)27-17-6-5-7-18-27/h8-15,24H,3-7,16-19H2,1-2H3,(H,26,28)/t24-/m1/s1. The Labute approximate surface area is 197 Å². The Kier molecular flexibility index (Phi) is 9.14. The summed E-state index contributed by atoms with van der Waals surface area (Å²) in [5.74, 6) is 1.04. The Balaban J connectivity index is 1.44. The van der Waals surface area contributed by atoms with E-state index in [-0.39, 0.29) is 17.4 Å². The summed E-state index contributed by atoms with van der Waals surface area (Å²) in [7, 11) is -3.45. The second-order valence-corrected chi connectivity index (χ2v) is 10.0. The fourth-order valence-corrected chi connectivity index (χ4v) is 5.23. The topological polar surface area (TPSA) is 84.9 Å². The Morgan fingerprint density at radius 1 is 0.970 bits per heavy atom. The van der Waals surface area contributed by atoms with Crippen LogP contribution in [0.1, 0.15) is 45.1 Å². The van der Waals surface area contributed by atoms with Gasteiger partial charge in [-0.2, -0.15) is 4.31 Å². The Morgan fingerprint density at radius 3 is 2.21 bits per heavy atom. The first-order chi connectivity index (χ1) is 15.9. The number of hydrogen-bond donors (Lipinski definition) is 1. The summed E-state index contributed by atoms with van der Waals surface area (Å²) in [5.41, 5.74) is 1.22. The van der Waals surface area contributed by atoms with Crippen molar-refractivity contribution >= 4 is 15.9 Å². The van der Waals surface area contributed by atoms with Crippen molar-refractivity contribution in [2.24, 2.45) is 0 Å². The third kappa shape index (κ3) is 6.95. The highest BCUT2D eigenvalue weighted by molar-refractivity contribution is 7.89. The minimum absolute atomic E-state index is 0.191. The predicted molar refractivity (Wildman–Crippen MR) is 128 cm³/mol. The number of carbonyl (C=O) groups excluding carboxylic acids is 1. The molecule has 1 aliphatic rings. The Hall–Kier alpha value is -2.58. The fourth-order valence-electron chi connectivity index (χ4n) is 3.71. The van der Waals surface area contributed by atoms with Crippen molar-refractivity contribution in [1.82, 2.24) is 9.62 Å². The maximum absolute atomic E-state index is 12.7. The molecule has 1 aliphatic heterocycles. The van der Waals surface area contributed by atoms with E-state index in [1.165, 1.54) is 5.56 Å². The minimum Gasteiger partial charge on any atom is -0.492 e. The van der Waals surface area contributed by atoms with Gasteiger partial charge >= 0.3 is 0 Å². The number of rotatable bonds is 11. The Morgan fingerprint density at radius 2 is 1.61 bits per heavy atom. The van der Waals surface area contributed by atoms with Crippen molar-refractivity contribution < 1.29 is 22.7 Å². The molecule has 1 saturated heterocycles. The first-order valence-corrected chi connectivity index (χ1v) is 13.1. The average Bonchev–Trinajstić information content (AvgIpc) is 2.86. The number of sulfonamides is 1. The summed E-state index contributed by atoms with van der Waals surface area (Å²) < 4.78 is 38.5. The number of aryl methyl sites for hydroxylation is 1. The molecule has 1 heterocycles. The summed E-state index contributed by atoms with van der Waals surface area (Å²) in [4.78, 5) is 12.7. The van der Waals surface area contributed by atoms with Gasteiger partial charge in [-0.05, 0) is 67.6 Å². The first-order valence-electron chi connectivity index (χ1n) is 11.7. The van der Waals surface area contributed by atoms with E-state index in [1.54, 1.807) is 28.6 Å². The molecule has 0 radical (unpaired) electrons. The number of nitrogens with zero attached hydrogens (tertiary/aromatic N) is 1. The minimum atomic E-state index is -3.45. The van der Waals surface area contributed by atoms with E-state index in [4.69, 9.17) is 9.47 Å². The fraction of sp³-hybridized carbons (Fsp3) is 0.480. The molecule has 0 saturated carbocycles. The second-order valence-electron chi connectivity index (χ2n) is 8.09. The molecule has 2 aromatic carbocycles. The molecule has 180 valence electrons. The SMILES string of the molecule is CCc1ccc(O[C@H](CC)C(=O)NCCOc2ccc(S(=O)(=O)N3CCCCC3)cc2)cc1. The maximum atomic E-state index is 12.7. The predicted octanol–water partition coefficient (Wildman–Crippen LogP) is 3.78. The molecule has 0 aromatic heterocycles. The van der Waals surface area contributed by atoms with Crippen LogP contribution in [0.4, 0.5) is 0 Å². The summed E-state index contributed by atoms with van der Waals surface area (Å²) in [6.45, 7) is 5.74. The number of benzene rings is 2. The lowest BCUT2D eigenvalue weighted by Crippen LogP contribution is -2.39. The molecule has 0 aliphatic carbocycles. The molecule has 0 spiro atoms. The van der Waals surface area contributed by atoms with Crippen LogP contribution in [0.25, 0.3) is 0 Å². The van der Waals surface area contributed by atoms with Gasteiger partial charge < -0.3 is 14.8 Å². The van der Waals surface area contributed by atoms with E-state index in [0.717, 1.165) is 25.7 Å². The third-order valence-electron chi connectivity index (χ3n) is 5.72. The van der Waals surface area contributed by atoms with Crippen LogP contribution in [-0.4, -0.2) is 51.0 Å². The molecule has 3 rings (SSSR count). The van der Waals surface area contributed by atoms with Crippen LogP contribution in [0.15, 0.2) is 53.4 Å². The zero-order chi connectivity index (χ0) is 23.7. The molecule has 0 bridgehead atoms. The molecular formula is C25H34N2O5S. The number of hydrogen-bond acceptors (Lipinski definition) is 5. The lowest BCUT2D eigenvalue weighted by Gasteiger charge is -2.25. The van der Waals surface area contributed by atoms with E-state index in [9.17, 15) is 13.2 Å². The van der Waals surface area contributed by atoms with E-state index in [2.05, 4.69) is 12.2 Å². The lowest BCUT2D eigenvalue weighted by molar-refractivity contribution is -0.128. The van der Waals surface area contributed by atoms with E-state index in [1.807, 2.05) is 31.2 Å². The van der Waals surface area contributed by atoms with Crippen LogP contribution in [0.5, 0.6) is 11.5 Å². The van der Waals surface area contributed by atoms with Crippen molar-refractivity contribution in [2.75, 3.05) is 26.2 Å². The normalized spacial score (nSPS) is 15.6. The van der Waals surface area contributed by atoms with Crippen LogP contribution in [-0.2, 0) is 21.2 Å². The van der Waals surface area contributed by atoms with Crippen molar-refractivity contribution in [3.63, 3.8) is 0 Å². The van der Waals surface area contributed by atoms with Crippen molar-refractivity contribution in [3.05, 3.63) is 54.1 Å². The lowest BCUT2D eigenvalue weighted by atomic mass is 10.2. The van der Waals surface area contributed by atoms with Crippen LogP contribution in [0.2, 0.25) is 0 Å². The monoisotopic (exact) mass is 474 g/mol. The van der Waals surface area contributed by atoms with Crippen molar-refractivity contribution in [3.8, 4) is 11.5 Å². The average molecular weight is 475 g/mol. The van der Waals surface area contributed by atoms with Gasteiger partial charge in [-0.1, -0.05) is 32.4 Å². The molecule has 1 amide bonds. The van der Waals surface area contributed by atoms with Crippen LogP contribution >= 0.6 is 0 Å². The number of ether oxygens (including phenoxy) is 2. The van der Waals surface area contributed by atoms with E-state index >= 15 is 0 Å². The van der Waals surface area contributed by atoms with Gasteiger partial charge in [0.05, 0.1) is 11.4 Å². The van der Waals surface area contributed by atoms with Gasteiger partial charge in [0.2, 0.25) is 10.0 Å². The number of nitrogens with one attached hydrogen (secondary N) is 1. The zero-order valence-electron chi connectivity index (χ0n) is 19.5. The maximum Gasteiger partial charge on any atom is 0.261 e. The molecule has 8 heteroatoms.